The summed E-state index contributed by atoms with van der Waals surface area (Å²) in [6.07, 6.45) is 3.30. The maximum Gasteiger partial charge on any atom is 0.288 e. The van der Waals surface area contributed by atoms with Gasteiger partial charge in [0.1, 0.15) is 0 Å². The first-order chi connectivity index (χ1) is 10.2. The predicted octanol–water partition coefficient (Wildman–Crippen LogP) is 1.86. The summed E-state index contributed by atoms with van der Waals surface area (Å²) in [5.41, 5.74) is 1.40. The maximum atomic E-state index is 12.3. The zero-order valence-electron chi connectivity index (χ0n) is 12.6. The molecule has 1 aromatic rings. The van der Waals surface area contributed by atoms with Crippen LogP contribution >= 0.6 is 0 Å². The second-order valence-electron chi connectivity index (χ2n) is 6.16. The average molecular weight is 285 g/mol. The van der Waals surface area contributed by atoms with Crippen LogP contribution in [0.2, 0.25) is 0 Å². The Bertz CT molecular complexity index is 518. The smallest absolute Gasteiger partial charge is 0.288 e. The van der Waals surface area contributed by atoms with Crippen LogP contribution in [0.15, 0.2) is 35.3 Å². The van der Waals surface area contributed by atoms with Gasteiger partial charge < -0.3 is 10.2 Å². The van der Waals surface area contributed by atoms with E-state index >= 15 is 0 Å². The van der Waals surface area contributed by atoms with E-state index < -0.39 is 0 Å². The summed E-state index contributed by atoms with van der Waals surface area (Å²) in [6, 6.07) is 10.9. The molecule has 0 saturated carbocycles. The molecule has 4 nitrogen and oxygen atoms in total. The molecule has 2 aliphatic rings. The molecule has 0 radical (unpaired) electrons. The third kappa shape index (κ3) is 3.43. The first-order valence-corrected chi connectivity index (χ1v) is 7.86. The first kappa shape index (κ1) is 14.1. The molecule has 1 unspecified atom stereocenters. The van der Waals surface area contributed by atoms with Gasteiger partial charge in [-0.3, -0.25) is 9.79 Å². The number of carbonyl (C=O) groups is 1. The Morgan fingerprint density at radius 1 is 1.29 bits per heavy atom. The van der Waals surface area contributed by atoms with Gasteiger partial charge in [-0.25, -0.2) is 0 Å². The van der Waals surface area contributed by atoms with Crippen LogP contribution in [0.25, 0.3) is 0 Å². The first-order valence-electron chi connectivity index (χ1n) is 7.86. The number of hydrogen-bond donors (Lipinski definition) is 1. The zero-order chi connectivity index (χ0) is 14.7. The quantitative estimate of drug-likeness (QED) is 0.921. The minimum atomic E-state index is 0.0810. The normalized spacial score (nSPS) is 22.8. The molecule has 0 aromatic heterocycles. The van der Waals surface area contributed by atoms with E-state index in [2.05, 4.69) is 47.6 Å². The van der Waals surface area contributed by atoms with Gasteiger partial charge in [0.15, 0.2) is 5.84 Å². The van der Waals surface area contributed by atoms with Gasteiger partial charge in [-0.05, 0) is 37.7 Å². The van der Waals surface area contributed by atoms with Crippen LogP contribution in [0.5, 0.6) is 0 Å². The highest BCUT2D eigenvalue weighted by Crippen LogP contribution is 2.22. The van der Waals surface area contributed by atoms with Gasteiger partial charge >= 0.3 is 0 Å². The van der Waals surface area contributed by atoms with Gasteiger partial charge in [0.2, 0.25) is 0 Å². The Labute approximate surface area is 126 Å². The number of hydrogen-bond acceptors (Lipinski definition) is 3. The number of nitrogens with zero attached hydrogens (tertiary/aromatic N) is 2. The highest BCUT2D eigenvalue weighted by atomic mass is 16.2. The molecule has 0 aliphatic carbocycles. The average Bonchev–Trinajstić information content (AvgIpc) is 2.95. The highest BCUT2D eigenvalue weighted by molar-refractivity contribution is 6.38. The number of likely N-dealkylation sites (tertiary alicyclic amines) is 1. The fourth-order valence-corrected chi connectivity index (χ4v) is 3.12. The van der Waals surface area contributed by atoms with E-state index in [1.54, 1.807) is 0 Å². The van der Waals surface area contributed by atoms with Crippen molar-refractivity contribution < 1.29 is 4.79 Å². The van der Waals surface area contributed by atoms with Gasteiger partial charge in [-0.2, -0.15) is 0 Å². The Morgan fingerprint density at radius 3 is 2.62 bits per heavy atom. The molecule has 21 heavy (non-hydrogen) atoms. The number of amidine groups is 1. The second-order valence-corrected chi connectivity index (χ2v) is 6.16. The van der Waals surface area contributed by atoms with Crippen molar-refractivity contribution in [3.8, 4) is 0 Å². The van der Waals surface area contributed by atoms with E-state index in [1.807, 2.05) is 4.90 Å². The number of aliphatic imine (C=N–C) groups is 1. The molecule has 1 saturated heterocycles. The Hall–Kier alpha value is -1.84. The van der Waals surface area contributed by atoms with Crippen molar-refractivity contribution in [1.29, 1.82) is 0 Å². The van der Waals surface area contributed by atoms with Crippen molar-refractivity contribution in [1.82, 2.24) is 10.2 Å². The van der Waals surface area contributed by atoms with Crippen molar-refractivity contribution in [2.75, 3.05) is 19.6 Å². The topological polar surface area (TPSA) is 44.7 Å². The molecule has 3 rings (SSSR count). The Morgan fingerprint density at radius 2 is 2.00 bits per heavy atom. The molecule has 4 heteroatoms. The second kappa shape index (κ2) is 6.29. The van der Waals surface area contributed by atoms with E-state index in [0.717, 1.165) is 32.4 Å². The van der Waals surface area contributed by atoms with Crippen LogP contribution in [-0.2, 0) is 11.2 Å². The minimum Gasteiger partial charge on any atom is -0.361 e. The maximum absolute atomic E-state index is 12.3. The molecule has 2 aliphatic heterocycles. The summed E-state index contributed by atoms with van der Waals surface area (Å²) in [5.74, 6) is 1.33. The Balaban J connectivity index is 1.50. The predicted molar refractivity (Wildman–Crippen MR) is 84.3 cm³/mol. The number of carbonyl (C=O) groups excluding carboxylic acids is 1. The van der Waals surface area contributed by atoms with Gasteiger partial charge in [-0.15, -0.1) is 0 Å². The lowest BCUT2D eigenvalue weighted by Gasteiger charge is -2.32. The number of piperidine rings is 1. The Kier molecular flexibility index (Phi) is 4.23. The van der Waals surface area contributed by atoms with Crippen LogP contribution in [0, 0.1) is 5.92 Å². The van der Waals surface area contributed by atoms with Gasteiger partial charge in [0.25, 0.3) is 5.91 Å². The summed E-state index contributed by atoms with van der Waals surface area (Å²) in [5, 5.41) is 3.16. The molecular weight excluding hydrogens is 262 g/mol. The molecular formula is C17H23N3O. The molecule has 0 bridgehead atoms. The highest BCUT2D eigenvalue weighted by Gasteiger charge is 2.28. The molecule has 2 heterocycles. The number of benzene rings is 1. The zero-order valence-corrected chi connectivity index (χ0v) is 12.6. The van der Waals surface area contributed by atoms with E-state index in [4.69, 9.17) is 0 Å². The molecule has 1 aromatic carbocycles. The van der Waals surface area contributed by atoms with Gasteiger partial charge in [0.05, 0.1) is 6.54 Å². The summed E-state index contributed by atoms with van der Waals surface area (Å²) in [7, 11) is 0. The van der Waals surface area contributed by atoms with Crippen LogP contribution in [-0.4, -0.2) is 42.3 Å². The summed E-state index contributed by atoms with van der Waals surface area (Å²) in [6.45, 7) is 4.47. The summed E-state index contributed by atoms with van der Waals surface area (Å²) >= 11 is 0. The molecule has 1 atom stereocenters. The van der Waals surface area contributed by atoms with Crippen LogP contribution in [0.4, 0.5) is 0 Å². The van der Waals surface area contributed by atoms with Crippen LogP contribution in [0.3, 0.4) is 0 Å². The van der Waals surface area contributed by atoms with Crippen molar-refractivity contribution in [2.45, 2.75) is 32.2 Å². The molecule has 1 amide bonds. The number of rotatable bonds is 3. The van der Waals surface area contributed by atoms with Crippen LogP contribution in [0.1, 0.15) is 25.3 Å². The third-order valence-electron chi connectivity index (χ3n) is 4.38. The SMILES string of the molecule is CC1CN=C(C(=O)N2CCC(Cc3ccccc3)CC2)N1. The monoisotopic (exact) mass is 285 g/mol. The molecule has 1 N–H and O–H groups in total. The van der Waals surface area contributed by atoms with Crippen molar-refractivity contribution in [3.63, 3.8) is 0 Å². The lowest BCUT2D eigenvalue weighted by molar-refractivity contribution is -0.125. The third-order valence-corrected chi connectivity index (χ3v) is 4.38. The number of amides is 1. The fourth-order valence-electron chi connectivity index (χ4n) is 3.12. The number of nitrogens with one attached hydrogen (secondary N) is 1. The minimum absolute atomic E-state index is 0.0810. The standard InChI is InChI=1S/C17H23N3O/c1-13-12-18-16(19-13)17(21)20-9-7-15(8-10-20)11-14-5-3-2-4-6-14/h2-6,13,15H,7-12H2,1H3,(H,18,19). The summed E-state index contributed by atoms with van der Waals surface area (Å²) in [4.78, 5) is 18.6. The van der Waals surface area contributed by atoms with Crippen molar-refractivity contribution in [2.24, 2.45) is 10.9 Å². The van der Waals surface area contributed by atoms with E-state index in [-0.39, 0.29) is 5.91 Å². The van der Waals surface area contributed by atoms with Crippen molar-refractivity contribution in [3.05, 3.63) is 35.9 Å². The molecule has 0 spiro atoms. The van der Waals surface area contributed by atoms with Crippen LogP contribution < -0.4 is 5.32 Å². The van der Waals surface area contributed by atoms with E-state index in [9.17, 15) is 4.79 Å². The van der Waals surface area contributed by atoms with Gasteiger partial charge in [0, 0.05) is 19.1 Å². The molecule has 112 valence electrons. The largest absolute Gasteiger partial charge is 0.361 e. The van der Waals surface area contributed by atoms with Gasteiger partial charge in [-0.1, -0.05) is 30.3 Å². The van der Waals surface area contributed by atoms with Crippen molar-refractivity contribution >= 4 is 11.7 Å². The molecule has 1 fully saturated rings. The van der Waals surface area contributed by atoms with E-state index in [1.165, 1.54) is 5.56 Å². The summed E-state index contributed by atoms with van der Waals surface area (Å²) < 4.78 is 0. The lowest BCUT2D eigenvalue weighted by atomic mass is 9.90. The van der Waals surface area contributed by atoms with E-state index in [0.29, 0.717) is 24.3 Å². The fraction of sp³-hybridized carbons (Fsp3) is 0.529. The lowest BCUT2D eigenvalue weighted by Crippen LogP contribution is -2.46.